The number of ketones is 1. The molecule has 84 valence electrons. The Bertz CT molecular complexity index is 242. The summed E-state index contributed by atoms with van der Waals surface area (Å²) in [4.78, 5) is 22.0. The van der Waals surface area contributed by atoms with Crippen LogP contribution in [0.5, 0.6) is 0 Å². The first-order valence-corrected chi connectivity index (χ1v) is 5.54. The molecule has 0 spiro atoms. The van der Waals surface area contributed by atoms with Crippen molar-refractivity contribution in [3.63, 3.8) is 0 Å². The zero-order valence-corrected chi connectivity index (χ0v) is 9.96. The summed E-state index contributed by atoms with van der Waals surface area (Å²) < 4.78 is 9.50. The lowest BCUT2D eigenvalue weighted by Gasteiger charge is -2.05. The highest BCUT2D eigenvalue weighted by Gasteiger charge is 2.05. The molecule has 0 fully saturated rings. The van der Waals surface area contributed by atoms with Crippen LogP contribution < -0.4 is 5.32 Å². The monoisotopic (exact) mass is 229 g/mol. The maximum atomic E-state index is 11.1. The highest BCUT2D eigenvalue weighted by atomic mass is 28.2. The van der Waals surface area contributed by atoms with E-state index in [0.717, 1.165) is 0 Å². The van der Waals surface area contributed by atoms with Gasteiger partial charge in [0.25, 0.3) is 9.76 Å². The van der Waals surface area contributed by atoms with Crippen LogP contribution in [0.1, 0.15) is 13.3 Å². The summed E-state index contributed by atoms with van der Waals surface area (Å²) in [7, 11) is 1.76. The molecule has 2 radical (unpaired) electrons. The summed E-state index contributed by atoms with van der Waals surface area (Å²) in [5.41, 5.74) is 0.472. The van der Waals surface area contributed by atoms with Gasteiger partial charge in [-0.2, -0.15) is 0 Å². The Morgan fingerprint density at radius 3 is 2.67 bits per heavy atom. The van der Waals surface area contributed by atoms with Crippen molar-refractivity contribution in [3.05, 3.63) is 12.2 Å². The molecule has 0 aromatic rings. The van der Waals surface area contributed by atoms with E-state index in [9.17, 15) is 9.59 Å². The van der Waals surface area contributed by atoms with E-state index in [1.54, 1.807) is 14.0 Å². The van der Waals surface area contributed by atoms with Crippen LogP contribution in [-0.4, -0.2) is 41.5 Å². The summed E-state index contributed by atoms with van der Waals surface area (Å²) in [6, 6.07) is 0. The van der Waals surface area contributed by atoms with Crippen molar-refractivity contribution in [2.75, 3.05) is 19.9 Å². The van der Waals surface area contributed by atoms with Gasteiger partial charge in [-0.3, -0.25) is 4.79 Å². The number of Topliss-reactive ketones (excluding diaryl/α,β-unsaturated/α-hetero) is 1. The Labute approximate surface area is 91.8 Å². The molecule has 0 rings (SSSR count). The molecular weight excluding hydrogens is 214 g/mol. The molecule has 15 heavy (non-hydrogen) atoms. The van der Waals surface area contributed by atoms with Crippen LogP contribution in [0.15, 0.2) is 12.2 Å². The van der Waals surface area contributed by atoms with Crippen LogP contribution in [0.25, 0.3) is 0 Å². The largest absolute Gasteiger partial charge is 0.449 e. The molecule has 0 aliphatic heterocycles. The fourth-order valence-corrected chi connectivity index (χ4v) is 1.04. The Kier molecular flexibility index (Phi) is 7.56. The van der Waals surface area contributed by atoms with Crippen LogP contribution in [0.2, 0.25) is 0 Å². The Morgan fingerprint density at radius 2 is 2.13 bits per heavy atom. The highest BCUT2D eigenvalue weighted by molar-refractivity contribution is 6.27. The SMILES string of the molecule is C=C(C)C(=O)CCOC(=O)NC[Si]OC. The number of hydrogen-bond acceptors (Lipinski definition) is 4. The zero-order valence-electron chi connectivity index (χ0n) is 8.96. The van der Waals surface area contributed by atoms with Crippen LogP contribution in [0.3, 0.4) is 0 Å². The van der Waals surface area contributed by atoms with Gasteiger partial charge in [-0.25, -0.2) is 4.79 Å². The first-order valence-electron chi connectivity index (χ1n) is 4.43. The number of carbonyl (C=O) groups excluding carboxylic acids is 2. The van der Waals surface area contributed by atoms with Gasteiger partial charge in [0.1, 0.15) is 6.61 Å². The fourth-order valence-electron chi connectivity index (χ4n) is 0.681. The second-order valence-electron chi connectivity index (χ2n) is 2.79. The van der Waals surface area contributed by atoms with Crippen molar-refractivity contribution in [3.8, 4) is 0 Å². The number of nitrogens with one attached hydrogen (secondary N) is 1. The molecule has 0 saturated heterocycles. The lowest BCUT2D eigenvalue weighted by molar-refractivity contribution is -0.116. The number of alkyl carbamates (subject to hydrolysis) is 1. The van der Waals surface area contributed by atoms with Gasteiger partial charge in [-0.1, -0.05) is 6.58 Å². The molecule has 0 aromatic carbocycles. The molecular formula is C9H15NO4Si. The molecule has 1 N–H and O–H groups in total. The van der Waals surface area contributed by atoms with E-state index in [-0.39, 0.29) is 28.6 Å². The van der Waals surface area contributed by atoms with Gasteiger partial charge in [-0.05, 0) is 12.5 Å². The van der Waals surface area contributed by atoms with Gasteiger partial charge < -0.3 is 14.5 Å². The molecule has 0 unspecified atom stereocenters. The van der Waals surface area contributed by atoms with E-state index in [1.807, 2.05) is 0 Å². The second kappa shape index (κ2) is 8.19. The second-order valence-corrected chi connectivity index (χ2v) is 3.84. The van der Waals surface area contributed by atoms with Crippen molar-refractivity contribution in [2.45, 2.75) is 13.3 Å². The van der Waals surface area contributed by atoms with Gasteiger partial charge in [0.05, 0.1) is 0 Å². The number of allylic oxidation sites excluding steroid dienone is 1. The van der Waals surface area contributed by atoms with Crippen LogP contribution in [-0.2, 0) is 14.0 Å². The molecule has 1 amide bonds. The molecule has 0 saturated carbocycles. The summed E-state index contributed by atoms with van der Waals surface area (Å²) in [5, 5.41) is 2.48. The summed E-state index contributed by atoms with van der Waals surface area (Å²) in [6.07, 6.45) is 0.0630. The van der Waals surface area contributed by atoms with E-state index in [2.05, 4.69) is 11.9 Å². The quantitative estimate of drug-likeness (QED) is 0.391. The lowest BCUT2D eigenvalue weighted by atomic mass is 10.2. The molecule has 0 atom stereocenters. The summed E-state index contributed by atoms with van der Waals surface area (Å²) in [6.45, 7) is 5.20. The van der Waals surface area contributed by atoms with Crippen molar-refractivity contribution in [1.82, 2.24) is 5.32 Å². The van der Waals surface area contributed by atoms with Crippen molar-refractivity contribution >= 4 is 21.6 Å². The zero-order chi connectivity index (χ0) is 11.7. The van der Waals surface area contributed by atoms with Crippen LogP contribution in [0, 0.1) is 0 Å². The van der Waals surface area contributed by atoms with E-state index in [0.29, 0.717) is 11.7 Å². The summed E-state index contributed by atoms with van der Waals surface area (Å²) >= 11 is 0. The maximum absolute atomic E-state index is 11.1. The third kappa shape index (κ3) is 7.89. The molecule has 0 heterocycles. The van der Waals surface area contributed by atoms with Gasteiger partial charge in [-0.15, -0.1) is 0 Å². The Balaban J connectivity index is 3.47. The van der Waals surface area contributed by atoms with Crippen LogP contribution in [0.4, 0.5) is 4.79 Å². The molecule has 5 nitrogen and oxygen atoms in total. The number of amides is 1. The minimum atomic E-state index is -0.533. The first kappa shape index (κ1) is 13.9. The highest BCUT2D eigenvalue weighted by Crippen LogP contribution is 1.95. The van der Waals surface area contributed by atoms with Crippen molar-refractivity contribution in [1.29, 1.82) is 0 Å². The lowest BCUT2D eigenvalue weighted by Crippen LogP contribution is -2.29. The predicted octanol–water partition coefficient (Wildman–Crippen LogP) is 0.471. The number of ether oxygens (including phenoxy) is 1. The average molecular weight is 229 g/mol. The van der Waals surface area contributed by atoms with Crippen LogP contribution >= 0.6 is 0 Å². The third-order valence-electron chi connectivity index (χ3n) is 1.49. The van der Waals surface area contributed by atoms with Gasteiger partial charge >= 0.3 is 6.09 Å². The van der Waals surface area contributed by atoms with E-state index in [4.69, 9.17) is 9.16 Å². The van der Waals surface area contributed by atoms with Gasteiger partial charge in [0.15, 0.2) is 5.78 Å². The van der Waals surface area contributed by atoms with Crippen molar-refractivity contribution < 1.29 is 18.8 Å². The molecule has 6 heteroatoms. The van der Waals surface area contributed by atoms with Gasteiger partial charge in [0, 0.05) is 19.7 Å². The van der Waals surface area contributed by atoms with Gasteiger partial charge in [0.2, 0.25) is 0 Å². The maximum Gasteiger partial charge on any atom is 0.406 e. The van der Waals surface area contributed by atoms with E-state index < -0.39 is 6.09 Å². The number of carbonyl (C=O) groups is 2. The third-order valence-corrected chi connectivity index (χ3v) is 2.10. The topological polar surface area (TPSA) is 64.6 Å². The van der Waals surface area contributed by atoms with Crippen molar-refractivity contribution in [2.24, 2.45) is 0 Å². The Morgan fingerprint density at radius 1 is 1.47 bits per heavy atom. The fraction of sp³-hybridized carbons (Fsp3) is 0.556. The smallest absolute Gasteiger partial charge is 0.406 e. The Hall–Kier alpha value is -1.14. The molecule has 0 aromatic heterocycles. The standard InChI is InChI=1S/C9H15NO4Si/c1-7(2)8(11)4-5-14-9(12)10-6-15-13-3/h1,4-6H2,2-3H3,(H,10,12). The normalized spacial score (nSPS) is 9.47. The van der Waals surface area contributed by atoms with E-state index >= 15 is 0 Å². The molecule has 0 aliphatic carbocycles. The predicted molar refractivity (Wildman–Crippen MR) is 56.6 cm³/mol. The summed E-state index contributed by atoms with van der Waals surface area (Å²) in [5.74, 6) is -0.0958. The van der Waals surface area contributed by atoms with E-state index in [1.165, 1.54) is 0 Å². The minimum absolute atomic E-state index is 0.0770. The first-order chi connectivity index (χ1) is 7.07. The molecule has 0 aliphatic rings. The number of hydrogen-bond donors (Lipinski definition) is 1. The minimum Gasteiger partial charge on any atom is -0.449 e. The molecule has 0 bridgehead atoms. The average Bonchev–Trinajstić information content (AvgIpc) is 2.18. The number of rotatable bonds is 7.